The molecule has 9 nitrogen and oxygen atoms in total. The van der Waals surface area contributed by atoms with Crippen LogP contribution < -0.4 is 20.3 Å². The summed E-state index contributed by atoms with van der Waals surface area (Å²) in [6, 6.07) is 16.5. The number of hydrogen-bond acceptors (Lipinski definition) is 7. The van der Waals surface area contributed by atoms with Gasteiger partial charge in [-0.05, 0) is 24.3 Å². The molecule has 2 aromatic carbocycles. The van der Waals surface area contributed by atoms with Crippen molar-refractivity contribution in [1.82, 2.24) is 15.5 Å². The highest BCUT2D eigenvalue weighted by atomic mass is 16.5. The Bertz CT molecular complexity index is 1020. The maximum atomic E-state index is 12.6. The van der Waals surface area contributed by atoms with Crippen molar-refractivity contribution in [3.05, 3.63) is 54.6 Å². The molecule has 4 rings (SSSR count). The topological polar surface area (TPSA) is 110 Å². The van der Waals surface area contributed by atoms with E-state index >= 15 is 0 Å². The number of nitrogens with one attached hydrogen (secondary N) is 2. The maximum Gasteiger partial charge on any atom is 0.322 e. The number of likely N-dealkylation sites (N-methyl/N-ethyl adjacent to an activating group) is 1. The minimum Gasteiger partial charge on any atom is -0.477 e. The van der Waals surface area contributed by atoms with Gasteiger partial charge in [0.2, 0.25) is 11.8 Å². The van der Waals surface area contributed by atoms with Gasteiger partial charge in [0.05, 0.1) is 18.8 Å². The van der Waals surface area contributed by atoms with Crippen molar-refractivity contribution in [2.45, 2.75) is 6.10 Å². The molecular formula is C20H19N5O4. The predicted molar refractivity (Wildman–Crippen MR) is 106 cm³/mol. The Balaban J connectivity index is 1.46. The molecule has 1 aliphatic rings. The van der Waals surface area contributed by atoms with Crippen molar-refractivity contribution in [2.24, 2.45) is 0 Å². The molecule has 148 valence electrons. The second-order valence-corrected chi connectivity index (χ2v) is 6.40. The molecule has 0 unspecified atom stereocenters. The van der Waals surface area contributed by atoms with Crippen LogP contribution in [0.5, 0.6) is 5.75 Å². The number of fused-ring (bicyclic) bond motifs is 1. The first-order valence-corrected chi connectivity index (χ1v) is 9.05. The zero-order valence-electron chi connectivity index (χ0n) is 15.7. The fourth-order valence-electron chi connectivity index (χ4n) is 3.06. The van der Waals surface area contributed by atoms with E-state index in [2.05, 4.69) is 20.8 Å². The number of para-hydroxylation sites is 2. The van der Waals surface area contributed by atoms with E-state index in [1.165, 1.54) is 0 Å². The predicted octanol–water partition coefficient (Wildman–Crippen LogP) is 1.69. The average molecular weight is 393 g/mol. The third-order valence-electron chi connectivity index (χ3n) is 4.43. The van der Waals surface area contributed by atoms with Crippen molar-refractivity contribution in [2.75, 3.05) is 30.4 Å². The molecule has 0 radical (unpaired) electrons. The lowest BCUT2D eigenvalue weighted by atomic mass is 10.1. The molecule has 0 bridgehead atoms. The Morgan fingerprint density at radius 1 is 1.10 bits per heavy atom. The van der Waals surface area contributed by atoms with Crippen molar-refractivity contribution < 1.29 is 18.7 Å². The highest BCUT2D eigenvalue weighted by Crippen LogP contribution is 2.33. The number of benzene rings is 2. The van der Waals surface area contributed by atoms with Crippen LogP contribution in [0.1, 0.15) is 0 Å². The molecule has 1 aliphatic heterocycles. The van der Waals surface area contributed by atoms with Crippen LogP contribution in [0.2, 0.25) is 0 Å². The van der Waals surface area contributed by atoms with Crippen LogP contribution >= 0.6 is 0 Å². The average Bonchev–Trinajstić information content (AvgIpc) is 3.22. The molecule has 0 saturated carbocycles. The lowest BCUT2D eigenvalue weighted by Crippen LogP contribution is -2.50. The fraction of sp³-hybridized carbons (Fsp3) is 0.200. The zero-order valence-corrected chi connectivity index (χ0v) is 15.7. The zero-order chi connectivity index (χ0) is 20.2. The highest BCUT2D eigenvalue weighted by Gasteiger charge is 2.31. The smallest absolute Gasteiger partial charge is 0.322 e. The van der Waals surface area contributed by atoms with E-state index in [-0.39, 0.29) is 30.9 Å². The van der Waals surface area contributed by atoms with Gasteiger partial charge in [0.15, 0.2) is 6.10 Å². The van der Waals surface area contributed by atoms with E-state index in [0.29, 0.717) is 11.6 Å². The van der Waals surface area contributed by atoms with Crippen LogP contribution in [-0.4, -0.2) is 48.3 Å². The lowest BCUT2D eigenvalue weighted by Gasteiger charge is -2.34. The SMILES string of the molecule is CNC(=O)[C@@H]1CN(CC(=O)Nc2nnc(-c3ccccc3)o2)c2ccccc2O1. The van der Waals surface area contributed by atoms with Crippen LogP contribution in [0, 0.1) is 0 Å². The number of carbonyl (C=O) groups is 2. The van der Waals surface area contributed by atoms with Crippen LogP contribution in [0.25, 0.3) is 11.5 Å². The quantitative estimate of drug-likeness (QED) is 0.679. The van der Waals surface area contributed by atoms with Crippen molar-refractivity contribution >= 4 is 23.5 Å². The Labute approximate surface area is 166 Å². The van der Waals surface area contributed by atoms with Crippen LogP contribution in [0.15, 0.2) is 59.0 Å². The van der Waals surface area contributed by atoms with Crippen molar-refractivity contribution in [1.29, 1.82) is 0 Å². The molecule has 1 aromatic heterocycles. The number of carbonyl (C=O) groups excluding carboxylic acids is 2. The molecule has 1 atom stereocenters. The number of amides is 2. The summed E-state index contributed by atoms with van der Waals surface area (Å²) < 4.78 is 11.3. The van der Waals surface area contributed by atoms with Gasteiger partial charge in [0.25, 0.3) is 5.91 Å². The Hall–Kier alpha value is -3.88. The number of nitrogens with zero attached hydrogens (tertiary/aromatic N) is 3. The summed E-state index contributed by atoms with van der Waals surface area (Å²) >= 11 is 0. The molecule has 3 aromatic rings. The first-order valence-electron chi connectivity index (χ1n) is 9.05. The first-order chi connectivity index (χ1) is 14.1. The normalized spacial score (nSPS) is 15.2. The van der Waals surface area contributed by atoms with E-state index in [1.54, 1.807) is 18.0 Å². The summed E-state index contributed by atoms with van der Waals surface area (Å²) in [5, 5.41) is 13.0. The summed E-state index contributed by atoms with van der Waals surface area (Å²) in [5.41, 5.74) is 1.49. The van der Waals surface area contributed by atoms with E-state index in [4.69, 9.17) is 9.15 Å². The minimum absolute atomic E-state index is 0.00306. The summed E-state index contributed by atoms with van der Waals surface area (Å²) in [4.78, 5) is 26.4. The second-order valence-electron chi connectivity index (χ2n) is 6.40. The lowest BCUT2D eigenvalue weighted by molar-refractivity contribution is -0.127. The molecule has 0 saturated heterocycles. The molecule has 2 heterocycles. The molecule has 0 aliphatic carbocycles. The van der Waals surface area contributed by atoms with Crippen molar-refractivity contribution in [3.63, 3.8) is 0 Å². The highest BCUT2D eigenvalue weighted by molar-refractivity contribution is 5.93. The number of hydrogen-bond donors (Lipinski definition) is 2. The fourth-order valence-corrected chi connectivity index (χ4v) is 3.06. The standard InChI is InChI=1S/C20H19N5O4/c1-21-18(27)16-11-25(14-9-5-6-10-15(14)28-16)12-17(26)22-20-24-23-19(29-20)13-7-3-2-4-8-13/h2-10,16H,11-12H2,1H3,(H,21,27)(H,22,24,26)/t16-/m0/s1. The second kappa shape index (κ2) is 8.01. The molecule has 0 spiro atoms. The summed E-state index contributed by atoms with van der Waals surface area (Å²) in [5.74, 6) is 0.261. The third kappa shape index (κ3) is 4.03. The van der Waals surface area contributed by atoms with Gasteiger partial charge in [0.1, 0.15) is 5.75 Å². The van der Waals surface area contributed by atoms with E-state index < -0.39 is 6.10 Å². The minimum atomic E-state index is -0.712. The van der Waals surface area contributed by atoms with E-state index in [1.807, 2.05) is 48.5 Å². The molecule has 0 fully saturated rings. The van der Waals surface area contributed by atoms with Gasteiger partial charge in [-0.3, -0.25) is 14.9 Å². The van der Waals surface area contributed by atoms with Crippen molar-refractivity contribution in [3.8, 4) is 17.2 Å². The van der Waals surface area contributed by atoms with E-state index in [0.717, 1.165) is 11.3 Å². The summed E-state index contributed by atoms with van der Waals surface area (Å²) in [7, 11) is 1.54. The summed E-state index contributed by atoms with van der Waals surface area (Å²) in [6.45, 7) is 0.236. The third-order valence-corrected chi connectivity index (χ3v) is 4.43. The molecule has 2 amide bonds. The number of aromatic nitrogens is 2. The van der Waals surface area contributed by atoms with E-state index in [9.17, 15) is 9.59 Å². The largest absolute Gasteiger partial charge is 0.477 e. The monoisotopic (exact) mass is 393 g/mol. The van der Waals surface area contributed by atoms with Gasteiger partial charge in [-0.2, -0.15) is 0 Å². The first kappa shape index (κ1) is 18.5. The Morgan fingerprint density at radius 3 is 2.66 bits per heavy atom. The van der Waals surface area contributed by atoms with Gasteiger partial charge < -0.3 is 19.4 Å². The molecule has 9 heteroatoms. The van der Waals surface area contributed by atoms with Gasteiger partial charge in [-0.25, -0.2) is 0 Å². The Kier molecular flexibility index (Phi) is 5.10. The molecular weight excluding hydrogens is 374 g/mol. The van der Waals surface area contributed by atoms with Gasteiger partial charge in [0, 0.05) is 12.6 Å². The number of anilines is 2. The van der Waals surface area contributed by atoms with Gasteiger partial charge in [-0.1, -0.05) is 35.4 Å². The number of rotatable bonds is 5. The van der Waals surface area contributed by atoms with Crippen LogP contribution in [0.3, 0.4) is 0 Å². The van der Waals surface area contributed by atoms with Crippen LogP contribution in [-0.2, 0) is 9.59 Å². The Morgan fingerprint density at radius 2 is 1.86 bits per heavy atom. The maximum absolute atomic E-state index is 12.6. The van der Waals surface area contributed by atoms with Gasteiger partial charge >= 0.3 is 6.01 Å². The van der Waals surface area contributed by atoms with Crippen LogP contribution in [0.4, 0.5) is 11.7 Å². The van der Waals surface area contributed by atoms with Gasteiger partial charge in [-0.15, -0.1) is 5.10 Å². The summed E-state index contributed by atoms with van der Waals surface area (Å²) in [6.07, 6.45) is -0.712. The molecule has 2 N–H and O–H groups in total. The number of ether oxygens (including phenoxy) is 1. The molecule has 29 heavy (non-hydrogen) atoms.